The number of aromatic nitrogens is 2. The van der Waals surface area contributed by atoms with Crippen molar-refractivity contribution >= 4 is 35.4 Å². The highest BCUT2D eigenvalue weighted by molar-refractivity contribution is 6.23. The first kappa shape index (κ1) is 41.6. The van der Waals surface area contributed by atoms with Crippen molar-refractivity contribution in [3.8, 4) is 23.3 Å². The number of anilines is 1. The molecular formula is C45H52N8O8. The summed E-state index contributed by atoms with van der Waals surface area (Å²) >= 11 is 0. The van der Waals surface area contributed by atoms with E-state index in [0.717, 1.165) is 43.2 Å². The Morgan fingerprint density at radius 2 is 1.66 bits per heavy atom. The van der Waals surface area contributed by atoms with Crippen molar-refractivity contribution < 1.29 is 38.2 Å². The molecule has 1 unspecified atom stereocenters. The third-order valence-corrected chi connectivity index (χ3v) is 13.2. The van der Waals surface area contributed by atoms with E-state index in [0.29, 0.717) is 40.8 Å². The smallest absolute Gasteiger partial charge is 0.271 e. The van der Waals surface area contributed by atoms with E-state index < -0.39 is 40.5 Å². The minimum atomic E-state index is -1.01. The Labute approximate surface area is 354 Å². The summed E-state index contributed by atoms with van der Waals surface area (Å²) in [5.74, 6) is 0.265. The van der Waals surface area contributed by atoms with Crippen LogP contribution in [0.15, 0.2) is 48.8 Å². The van der Waals surface area contributed by atoms with Crippen molar-refractivity contribution in [3.05, 3.63) is 71.2 Å². The Morgan fingerprint density at radius 3 is 2.30 bits per heavy atom. The van der Waals surface area contributed by atoms with Crippen LogP contribution in [-0.2, 0) is 9.59 Å². The predicted octanol–water partition coefficient (Wildman–Crippen LogP) is 4.13. The molecule has 0 radical (unpaired) electrons. The molecule has 2 aromatic carbocycles. The molecule has 61 heavy (non-hydrogen) atoms. The van der Waals surface area contributed by atoms with Gasteiger partial charge in [-0.05, 0) is 50.6 Å². The monoisotopic (exact) mass is 832 g/mol. The minimum absolute atomic E-state index is 0.0404. The lowest BCUT2D eigenvalue weighted by Gasteiger charge is -2.63. The minimum Gasteiger partial charge on any atom is -0.495 e. The Hall–Kier alpha value is -6.08. The lowest BCUT2D eigenvalue weighted by molar-refractivity contribution is -0.164. The van der Waals surface area contributed by atoms with Crippen molar-refractivity contribution in [1.29, 1.82) is 5.26 Å². The molecule has 2 N–H and O–H groups in total. The van der Waals surface area contributed by atoms with Crippen molar-refractivity contribution in [2.75, 3.05) is 31.6 Å². The molecule has 16 heteroatoms. The van der Waals surface area contributed by atoms with Crippen LogP contribution >= 0.6 is 0 Å². The third kappa shape index (κ3) is 7.53. The molecule has 16 nitrogen and oxygen atoms in total. The fourth-order valence-electron chi connectivity index (χ4n) is 10.2. The van der Waals surface area contributed by atoms with Gasteiger partial charge in [0.2, 0.25) is 11.8 Å². The predicted molar refractivity (Wildman–Crippen MR) is 221 cm³/mol. The van der Waals surface area contributed by atoms with E-state index >= 15 is 0 Å². The first-order valence-corrected chi connectivity index (χ1v) is 20.9. The van der Waals surface area contributed by atoms with E-state index in [9.17, 15) is 29.2 Å². The summed E-state index contributed by atoms with van der Waals surface area (Å²) in [7, 11) is 1.52. The van der Waals surface area contributed by atoms with Crippen molar-refractivity contribution in [2.24, 2.45) is 16.7 Å². The summed E-state index contributed by atoms with van der Waals surface area (Å²) in [6.07, 6.45) is 4.76. The molecule has 4 fully saturated rings. The zero-order valence-electron chi connectivity index (χ0n) is 35.6. The van der Waals surface area contributed by atoms with Crippen LogP contribution in [0.3, 0.4) is 0 Å². The molecule has 0 spiro atoms. The zero-order chi connectivity index (χ0) is 43.5. The van der Waals surface area contributed by atoms with Gasteiger partial charge in [0.25, 0.3) is 17.7 Å². The van der Waals surface area contributed by atoms with Crippen LogP contribution in [0.1, 0.15) is 104 Å². The highest BCUT2D eigenvalue weighted by Crippen LogP contribution is 2.55. The van der Waals surface area contributed by atoms with Gasteiger partial charge in [-0.1, -0.05) is 27.7 Å². The Morgan fingerprint density at radius 1 is 0.967 bits per heavy atom. The second-order valence-electron chi connectivity index (χ2n) is 18.4. The number of benzene rings is 2. The molecule has 3 aromatic rings. The van der Waals surface area contributed by atoms with Crippen LogP contribution in [0.5, 0.6) is 17.2 Å². The number of hydrogen-bond acceptors (Lipinski definition) is 13. The second kappa shape index (κ2) is 15.7. The molecule has 320 valence electrons. The van der Waals surface area contributed by atoms with Gasteiger partial charge in [0.15, 0.2) is 0 Å². The van der Waals surface area contributed by atoms with E-state index in [4.69, 9.17) is 14.2 Å². The summed E-state index contributed by atoms with van der Waals surface area (Å²) in [6, 6.07) is 11.6. The Balaban J connectivity index is 0.799. The number of hydrogen-bond donors (Lipinski definition) is 2. The number of nitrogens with zero attached hydrogens (tertiary/aromatic N) is 6. The molecule has 3 aliphatic heterocycles. The molecule has 1 aromatic heterocycles. The maximum absolute atomic E-state index is 13.4. The molecule has 2 saturated heterocycles. The quantitative estimate of drug-likeness (QED) is 0.234. The number of fused-ring (bicyclic) bond motifs is 1. The molecule has 2 saturated carbocycles. The summed E-state index contributed by atoms with van der Waals surface area (Å²) < 4.78 is 18.0. The lowest BCUT2D eigenvalue weighted by atomic mass is 9.49. The van der Waals surface area contributed by atoms with E-state index in [1.807, 2.05) is 0 Å². The highest BCUT2D eigenvalue weighted by Gasteiger charge is 2.64. The molecule has 2 aliphatic carbocycles. The van der Waals surface area contributed by atoms with Crippen LogP contribution < -0.4 is 29.7 Å². The van der Waals surface area contributed by atoms with Crippen LogP contribution in [0, 0.1) is 28.1 Å². The van der Waals surface area contributed by atoms with Gasteiger partial charge in [0, 0.05) is 79.8 Å². The zero-order valence-corrected chi connectivity index (χ0v) is 35.6. The van der Waals surface area contributed by atoms with Gasteiger partial charge < -0.3 is 24.4 Å². The number of carbonyl (C=O) groups is 5. The molecule has 1 atom stereocenters. The summed E-state index contributed by atoms with van der Waals surface area (Å²) in [4.78, 5) is 78.6. The maximum Gasteiger partial charge on any atom is 0.271 e. The van der Waals surface area contributed by atoms with E-state index in [2.05, 4.69) is 78.0 Å². The van der Waals surface area contributed by atoms with E-state index in [-0.39, 0.29) is 53.8 Å². The summed E-state index contributed by atoms with van der Waals surface area (Å²) in [6.45, 7) is 15.2. The van der Waals surface area contributed by atoms with Gasteiger partial charge in [-0.25, -0.2) is 9.97 Å². The standard InChI is InChI=1S/C45H52N8O8/c1-24(2)52(27-14-30(15-27)60-28-10-11-31-32(16-28)41(58)53(40(31)57)34-12-13-37(54)49-39(34)56)23-25-21-51(22-25)36-20-47-33(19-48-36)38(55)50-42-44(3,4)43(45(42,5)6)61-29-9-8-26(18-46)35(17-29)59-7/h8-11,16-17,19-20,24-25,27,30,34,42-43H,12-15,21-23H2,1-7H3,(H,50,55)(H,49,54,56). The number of imide groups is 2. The SMILES string of the molecule is COc1cc(OC2C(C)(C)C(NC(=O)c3cnc(N4CC(CN(C(C)C)C5CC(Oc6ccc7c(c6)C(=O)N(C6CCC(=O)NC6=O)C7=O)C5)C4)cn3)C2(C)C)ccc1C#N. The van der Waals surface area contributed by atoms with Crippen molar-refractivity contribution in [1.82, 2.24) is 30.4 Å². The van der Waals surface area contributed by atoms with Crippen LogP contribution in [-0.4, -0.2) is 112 Å². The molecule has 8 rings (SSSR count). The first-order valence-electron chi connectivity index (χ1n) is 20.9. The maximum atomic E-state index is 13.4. The fourth-order valence-corrected chi connectivity index (χ4v) is 10.2. The molecule has 4 heterocycles. The molecule has 5 amide bonds. The first-order chi connectivity index (χ1) is 29.0. The van der Waals surface area contributed by atoms with Gasteiger partial charge in [-0.2, -0.15) is 5.26 Å². The van der Waals surface area contributed by atoms with Gasteiger partial charge in [-0.3, -0.25) is 39.1 Å². The van der Waals surface area contributed by atoms with Crippen LogP contribution in [0.4, 0.5) is 5.82 Å². The number of nitriles is 1. The van der Waals surface area contributed by atoms with E-state index in [1.165, 1.54) is 13.3 Å². The largest absolute Gasteiger partial charge is 0.495 e. The van der Waals surface area contributed by atoms with Crippen LogP contribution in [0.2, 0.25) is 0 Å². The average molecular weight is 833 g/mol. The van der Waals surface area contributed by atoms with Gasteiger partial charge in [-0.15, -0.1) is 0 Å². The normalized spacial score (nSPS) is 25.2. The lowest BCUT2D eigenvalue weighted by Crippen LogP contribution is -2.74. The summed E-state index contributed by atoms with van der Waals surface area (Å²) in [5.41, 5.74) is 0.289. The number of ether oxygens (including phenoxy) is 3. The van der Waals surface area contributed by atoms with Crippen LogP contribution in [0.25, 0.3) is 0 Å². The number of amides is 5. The second-order valence-corrected chi connectivity index (χ2v) is 18.4. The van der Waals surface area contributed by atoms with Crippen molar-refractivity contribution in [3.63, 3.8) is 0 Å². The van der Waals surface area contributed by atoms with Gasteiger partial charge in [0.1, 0.15) is 53.1 Å². The number of nitrogens with one attached hydrogen (secondary N) is 2. The number of piperidine rings is 1. The molecular weight excluding hydrogens is 781 g/mol. The number of carbonyl (C=O) groups excluding carboxylic acids is 5. The number of methoxy groups -OCH3 is 1. The fraction of sp³-hybridized carbons (Fsp3) is 0.511. The average Bonchev–Trinajstić information content (AvgIpc) is 3.44. The Kier molecular flexibility index (Phi) is 10.8. The molecule has 0 bridgehead atoms. The Bertz CT molecular complexity index is 2290. The summed E-state index contributed by atoms with van der Waals surface area (Å²) in [5, 5.41) is 14.8. The topological polar surface area (TPSA) is 196 Å². The van der Waals surface area contributed by atoms with E-state index in [1.54, 1.807) is 42.6 Å². The molecule has 5 aliphatic rings. The highest BCUT2D eigenvalue weighted by atomic mass is 16.5. The van der Waals surface area contributed by atoms with Gasteiger partial charge in [0.05, 0.1) is 36.2 Å². The third-order valence-electron chi connectivity index (χ3n) is 13.2. The van der Waals surface area contributed by atoms with Gasteiger partial charge >= 0.3 is 0 Å². The van der Waals surface area contributed by atoms with Crippen molar-refractivity contribution in [2.45, 2.75) is 104 Å². The number of rotatable bonds is 13.